The average Bonchev–Trinajstić information content (AvgIpc) is 3.02. The minimum Gasteiger partial charge on any atom is -0.399 e. The number of amides is 2. The maximum absolute atomic E-state index is 12.2. The Hall–Kier alpha value is -2.58. The van der Waals surface area contributed by atoms with E-state index < -0.39 is 0 Å². The number of aromatic nitrogens is 2. The van der Waals surface area contributed by atoms with E-state index in [0.29, 0.717) is 43.2 Å². The van der Waals surface area contributed by atoms with Crippen LogP contribution in [0, 0.1) is 0 Å². The van der Waals surface area contributed by atoms with Crippen molar-refractivity contribution in [1.82, 2.24) is 14.7 Å². The zero-order valence-electron chi connectivity index (χ0n) is 13.6. The van der Waals surface area contributed by atoms with Crippen LogP contribution in [-0.2, 0) is 16.1 Å². The summed E-state index contributed by atoms with van der Waals surface area (Å²) >= 11 is 0. The highest BCUT2D eigenvalue weighted by Gasteiger charge is 2.17. The van der Waals surface area contributed by atoms with Crippen molar-refractivity contribution < 1.29 is 14.3 Å². The van der Waals surface area contributed by atoms with Crippen LogP contribution < -0.4 is 11.1 Å². The lowest BCUT2D eigenvalue weighted by Gasteiger charge is -2.26. The van der Waals surface area contributed by atoms with Gasteiger partial charge in [0.05, 0.1) is 25.1 Å². The summed E-state index contributed by atoms with van der Waals surface area (Å²) in [6, 6.07) is 6.71. The van der Waals surface area contributed by atoms with Crippen LogP contribution in [0.4, 0.5) is 11.4 Å². The van der Waals surface area contributed by atoms with Gasteiger partial charge in [0.15, 0.2) is 0 Å². The number of nitrogens with one attached hydrogen (secondary N) is 1. The number of hydrogen-bond donors (Lipinski definition) is 2. The van der Waals surface area contributed by atoms with E-state index in [1.54, 1.807) is 35.4 Å². The fraction of sp³-hybridized carbons (Fsp3) is 0.312. The Kier molecular flexibility index (Phi) is 6.37. The van der Waals surface area contributed by atoms with E-state index in [4.69, 9.17) is 10.5 Å². The van der Waals surface area contributed by atoms with Crippen LogP contribution in [0.2, 0.25) is 0 Å². The molecule has 25 heavy (non-hydrogen) atoms. The van der Waals surface area contributed by atoms with Crippen LogP contribution >= 0.6 is 12.4 Å². The van der Waals surface area contributed by atoms with Gasteiger partial charge in [-0.25, -0.2) is 0 Å². The maximum Gasteiger partial charge on any atom is 0.255 e. The third-order valence-corrected chi connectivity index (χ3v) is 3.70. The molecule has 3 N–H and O–H groups in total. The molecule has 2 amide bonds. The third kappa shape index (κ3) is 4.94. The van der Waals surface area contributed by atoms with Gasteiger partial charge in [0.2, 0.25) is 5.91 Å². The lowest BCUT2D eigenvalue weighted by atomic mass is 10.2. The minimum atomic E-state index is -0.277. The number of hydrogen-bond acceptors (Lipinski definition) is 5. The van der Waals surface area contributed by atoms with Crippen molar-refractivity contribution in [3.05, 3.63) is 42.2 Å². The Balaban J connectivity index is 0.00000225. The molecule has 1 aliphatic heterocycles. The van der Waals surface area contributed by atoms with Gasteiger partial charge in [0.25, 0.3) is 5.91 Å². The number of benzene rings is 1. The quantitative estimate of drug-likeness (QED) is 0.787. The molecule has 1 fully saturated rings. The molecule has 8 nitrogen and oxygen atoms in total. The van der Waals surface area contributed by atoms with Crippen molar-refractivity contribution in [3.8, 4) is 0 Å². The first kappa shape index (κ1) is 18.8. The van der Waals surface area contributed by atoms with E-state index >= 15 is 0 Å². The molecule has 1 aromatic heterocycles. The highest BCUT2D eigenvalue weighted by molar-refractivity contribution is 6.04. The van der Waals surface area contributed by atoms with Gasteiger partial charge in [0, 0.05) is 30.5 Å². The molecule has 0 unspecified atom stereocenters. The number of nitrogens with two attached hydrogens (primary N) is 1. The van der Waals surface area contributed by atoms with E-state index in [2.05, 4.69) is 10.4 Å². The number of rotatable bonds is 4. The smallest absolute Gasteiger partial charge is 0.255 e. The summed E-state index contributed by atoms with van der Waals surface area (Å²) in [7, 11) is 0. The summed E-state index contributed by atoms with van der Waals surface area (Å²) in [5.41, 5.74) is 7.18. The predicted octanol–water partition coefficient (Wildman–Crippen LogP) is 0.998. The molecule has 1 saturated heterocycles. The number of carbonyl (C=O) groups is 2. The zero-order chi connectivity index (χ0) is 16.9. The summed E-state index contributed by atoms with van der Waals surface area (Å²) in [4.78, 5) is 26.1. The second-order valence-corrected chi connectivity index (χ2v) is 5.50. The topological polar surface area (TPSA) is 102 Å². The van der Waals surface area contributed by atoms with Gasteiger partial charge in [-0.15, -0.1) is 12.4 Å². The lowest BCUT2D eigenvalue weighted by Crippen LogP contribution is -2.42. The van der Waals surface area contributed by atoms with Gasteiger partial charge in [-0.2, -0.15) is 5.10 Å². The molecule has 9 heteroatoms. The van der Waals surface area contributed by atoms with Gasteiger partial charge >= 0.3 is 0 Å². The highest BCUT2D eigenvalue weighted by atomic mass is 35.5. The fourth-order valence-electron chi connectivity index (χ4n) is 2.45. The molecular formula is C16H20ClN5O3. The van der Waals surface area contributed by atoms with Gasteiger partial charge in [-0.1, -0.05) is 6.07 Å². The van der Waals surface area contributed by atoms with Gasteiger partial charge in [-0.05, 0) is 18.2 Å². The Morgan fingerprint density at radius 2 is 2.04 bits per heavy atom. The van der Waals surface area contributed by atoms with Crippen molar-refractivity contribution in [1.29, 1.82) is 0 Å². The first-order valence-corrected chi connectivity index (χ1v) is 7.67. The number of nitrogens with zero attached hydrogens (tertiary/aromatic N) is 3. The van der Waals surface area contributed by atoms with Crippen LogP contribution in [0.3, 0.4) is 0 Å². The summed E-state index contributed by atoms with van der Waals surface area (Å²) in [5.74, 6) is -0.295. The van der Waals surface area contributed by atoms with E-state index in [-0.39, 0.29) is 30.8 Å². The standard InChI is InChI=1S/C16H19N5O3.ClH/c17-13-3-1-2-12(8-13)16(23)19-14-9-18-21(10-14)11-15(22)20-4-6-24-7-5-20;/h1-3,8-10H,4-7,11,17H2,(H,19,23);1H. The molecule has 1 aromatic carbocycles. The molecule has 0 bridgehead atoms. The molecule has 0 radical (unpaired) electrons. The second kappa shape index (κ2) is 8.50. The Bertz CT molecular complexity index is 743. The van der Waals surface area contributed by atoms with E-state index in [0.717, 1.165) is 0 Å². The summed E-state index contributed by atoms with van der Waals surface area (Å²) in [5, 5.41) is 6.85. The second-order valence-electron chi connectivity index (χ2n) is 5.50. The van der Waals surface area contributed by atoms with Gasteiger partial charge in [-0.3, -0.25) is 14.3 Å². The van der Waals surface area contributed by atoms with Crippen molar-refractivity contribution in [2.24, 2.45) is 0 Å². The van der Waals surface area contributed by atoms with Crippen molar-refractivity contribution in [3.63, 3.8) is 0 Å². The highest BCUT2D eigenvalue weighted by Crippen LogP contribution is 2.11. The maximum atomic E-state index is 12.2. The molecule has 3 rings (SSSR count). The van der Waals surface area contributed by atoms with Crippen LogP contribution in [-0.4, -0.2) is 52.8 Å². The Labute approximate surface area is 151 Å². The third-order valence-electron chi connectivity index (χ3n) is 3.70. The first-order valence-electron chi connectivity index (χ1n) is 7.67. The molecule has 0 saturated carbocycles. The average molecular weight is 366 g/mol. The van der Waals surface area contributed by atoms with Crippen LogP contribution in [0.5, 0.6) is 0 Å². The Morgan fingerprint density at radius 3 is 2.76 bits per heavy atom. The minimum absolute atomic E-state index is 0. The molecule has 0 spiro atoms. The molecule has 0 atom stereocenters. The summed E-state index contributed by atoms with van der Waals surface area (Å²) in [6.07, 6.45) is 3.14. The number of nitrogen functional groups attached to an aromatic ring is 1. The normalized spacial score (nSPS) is 13.8. The van der Waals surface area contributed by atoms with Crippen LogP contribution in [0.25, 0.3) is 0 Å². The van der Waals surface area contributed by atoms with E-state index in [1.165, 1.54) is 10.9 Å². The molecule has 0 aliphatic carbocycles. The first-order chi connectivity index (χ1) is 11.6. The molecule has 2 aromatic rings. The van der Waals surface area contributed by atoms with E-state index in [9.17, 15) is 9.59 Å². The number of morpholine rings is 1. The Morgan fingerprint density at radius 1 is 1.28 bits per heavy atom. The molecule has 1 aliphatic rings. The number of carbonyl (C=O) groups excluding carboxylic acids is 2. The number of ether oxygens (including phenoxy) is 1. The summed E-state index contributed by atoms with van der Waals surface area (Å²) in [6.45, 7) is 2.45. The van der Waals surface area contributed by atoms with Gasteiger partial charge < -0.3 is 20.7 Å². The fourth-order valence-corrected chi connectivity index (χ4v) is 2.45. The lowest BCUT2D eigenvalue weighted by molar-refractivity contribution is -0.136. The zero-order valence-corrected chi connectivity index (χ0v) is 14.4. The number of halogens is 1. The summed E-state index contributed by atoms with van der Waals surface area (Å²) < 4.78 is 6.73. The van der Waals surface area contributed by atoms with E-state index in [1.807, 2.05) is 0 Å². The SMILES string of the molecule is Cl.Nc1cccc(C(=O)Nc2cnn(CC(=O)N3CCOCC3)c2)c1. The largest absolute Gasteiger partial charge is 0.399 e. The van der Waals surface area contributed by atoms with Crippen molar-refractivity contribution in [2.75, 3.05) is 37.4 Å². The molecule has 2 heterocycles. The molecular weight excluding hydrogens is 346 g/mol. The molecule has 134 valence electrons. The van der Waals surface area contributed by atoms with Gasteiger partial charge in [0.1, 0.15) is 6.54 Å². The predicted molar refractivity (Wildman–Crippen MR) is 95.7 cm³/mol. The van der Waals surface area contributed by atoms with Crippen LogP contribution in [0.1, 0.15) is 10.4 Å². The van der Waals surface area contributed by atoms with Crippen LogP contribution in [0.15, 0.2) is 36.7 Å². The number of anilines is 2. The monoisotopic (exact) mass is 365 g/mol. The van der Waals surface area contributed by atoms with Crippen molar-refractivity contribution in [2.45, 2.75) is 6.54 Å². The van der Waals surface area contributed by atoms with Crippen molar-refractivity contribution >= 4 is 35.6 Å².